The summed E-state index contributed by atoms with van der Waals surface area (Å²) in [6.07, 6.45) is 3.30. The molecule has 1 aliphatic heterocycles. The third-order valence-corrected chi connectivity index (χ3v) is 6.25. The van der Waals surface area contributed by atoms with Crippen LogP contribution in [0.5, 0.6) is 0 Å². The SMILES string of the molecule is Cc1ncoc1-c1ncn2c1CN=C(c1ccccc1I)c1cc(Br)ccc1-2. The molecule has 0 N–H and O–H groups in total. The highest BCUT2D eigenvalue weighted by Gasteiger charge is 2.25. The van der Waals surface area contributed by atoms with Gasteiger partial charge in [0.15, 0.2) is 12.2 Å². The smallest absolute Gasteiger partial charge is 0.181 e. The third-order valence-electron chi connectivity index (χ3n) is 4.82. The van der Waals surface area contributed by atoms with Crippen LogP contribution in [-0.4, -0.2) is 20.2 Å². The van der Waals surface area contributed by atoms with E-state index in [2.05, 4.69) is 77.3 Å². The molecule has 3 heterocycles. The molecule has 1 aliphatic rings. The molecule has 2 aromatic heterocycles. The van der Waals surface area contributed by atoms with E-state index in [9.17, 15) is 0 Å². The zero-order valence-corrected chi connectivity index (χ0v) is 18.6. The molecule has 0 saturated heterocycles. The van der Waals surface area contributed by atoms with Crippen LogP contribution in [0, 0.1) is 10.5 Å². The molecule has 7 heteroatoms. The Kier molecular flexibility index (Phi) is 4.43. The molecule has 0 radical (unpaired) electrons. The van der Waals surface area contributed by atoms with Crippen LogP contribution in [0.4, 0.5) is 0 Å². The highest BCUT2D eigenvalue weighted by Crippen LogP contribution is 2.33. The lowest BCUT2D eigenvalue weighted by molar-refractivity contribution is 0.568. The van der Waals surface area contributed by atoms with Gasteiger partial charge in [-0.2, -0.15) is 0 Å². The van der Waals surface area contributed by atoms with E-state index in [0.717, 1.165) is 44.1 Å². The number of fused-ring (bicyclic) bond motifs is 3. The second-order valence-corrected chi connectivity index (χ2v) is 8.56. The zero-order chi connectivity index (χ0) is 19.3. The molecule has 0 fully saturated rings. The average Bonchev–Trinajstić information content (AvgIpc) is 3.25. The minimum atomic E-state index is 0.502. The molecule has 0 bridgehead atoms. The number of aromatic nitrogens is 3. The second-order valence-electron chi connectivity index (χ2n) is 6.48. The Morgan fingerprint density at radius 2 is 1.96 bits per heavy atom. The topological polar surface area (TPSA) is 56.2 Å². The van der Waals surface area contributed by atoms with Gasteiger partial charge >= 0.3 is 0 Å². The summed E-state index contributed by atoms with van der Waals surface area (Å²) >= 11 is 5.98. The first-order valence-electron chi connectivity index (χ1n) is 8.70. The molecular formula is C21H14BrIN4O. The van der Waals surface area contributed by atoms with E-state index in [1.165, 1.54) is 9.96 Å². The normalized spacial score (nSPS) is 12.9. The lowest BCUT2D eigenvalue weighted by Crippen LogP contribution is -2.08. The van der Waals surface area contributed by atoms with Crippen molar-refractivity contribution < 1.29 is 4.42 Å². The monoisotopic (exact) mass is 544 g/mol. The van der Waals surface area contributed by atoms with Crippen molar-refractivity contribution in [2.45, 2.75) is 13.5 Å². The quantitative estimate of drug-likeness (QED) is 0.311. The summed E-state index contributed by atoms with van der Waals surface area (Å²) in [6, 6.07) is 14.6. The number of rotatable bonds is 2. The molecule has 138 valence electrons. The van der Waals surface area contributed by atoms with Crippen molar-refractivity contribution in [1.29, 1.82) is 0 Å². The van der Waals surface area contributed by atoms with Crippen LogP contribution >= 0.6 is 38.5 Å². The Labute approximate surface area is 183 Å². The lowest BCUT2D eigenvalue weighted by Gasteiger charge is -2.13. The van der Waals surface area contributed by atoms with Crippen molar-refractivity contribution in [3.05, 3.63) is 85.7 Å². The van der Waals surface area contributed by atoms with Gasteiger partial charge in [0.05, 0.1) is 29.3 Å². The summed E-state index contributed by atoms with van der Waals surface area (Å²) in [5.74, 6) is 0.695. The van der Waals surface area contributed by atoms with Crippen molar-refractivity contribution in [1.82, 2.24) is 14.5 Å². The molecule has 0 spiro atoms. The van der Waals surface area contributed by atoms with E-state index < -0.39 is 0 Å². The first-order chi connectivity index (χ1) is 13.6. The maximum absolute atomic E-state index is 5.61. The van der Waals surface area contributed by atoms with Gasteiger partial charge < -0.3 is 4.42 Å². The minimum Gasteiger partial charge on any atom is -0.441 e. The lowest BCUT2D eigenvalue weighted by atomic mass is 10.0. The van der Waals surface area contributed by atoms with E-state index in [0.29, 0.717) is 12.3 Å². The van der Waals surface area contributed by atoms with Crippen LogP contribution in [0.1, 0.15) is 22.5 Å². The summed E-state index contributed by atoms with van der Waals surface area (Å²) in [4.78, 5) is 13.9. The van der Waals surface area contributed by atoms with Gasteiger partial charge in [0.1, 0.15) is 12.0 Å². The number of aliphatic imine (C=N–C) groups is 1. The molecule has 2 aromatic carbocycles. The summed E-state index contributed by atoms with van der Waals surface area (Å²) < 4.78 is 9.89. The van der Waals surface area contributed by atoms with Gasteiger partial charge in [-0.15, -0.1) is 0 Å². The highest BCUT2D eigenvalue weighted by atomic mass is 127. The van der Waals surface area contributed by atoms with Crippen LogP contribution in [0.2, 0.25) is 0 Å². The predicted molar refractivity (Wildman–Crippen MR) is 120 cm³/mol. The molecule has 5 rings (SSSR count). The Bertz CT molecular complexity index is 1240. The molecule has 0 aliphatic carbocycles. The predicted octanol–water partition coefficient (Wildman–Crippen LogP) is 5.55. The Morgan fingerprint density at radius 1 is 1.11 bits per heavy atom. The van der Waals surface area contributed by atoms with E-state index in [1.807, 2.05) is 31.5 Å². The zero-order valence-electron chi connectivity index (χ0n) is 14.9. The number of imidazole rings is 1. The molecule has 0 saturated carbocycles. The standard InChI is InChI=1S/C21H14BrIN4O/c1-12-21(28-11-26-12)20-18-9-24-19(14-4-2-3-5-16(14)23)15-8-13(22)6-7-17(15)27(18)10-25-20/h2-8,10-11H,9H2,1H3. The van der Waals surface area contributed by atoms with Crippen LogP contribution in [0.15, 0.2) is 69.1 Å². The number of aryl methyl sites for hydroxylation is 1. The van der Waals surface area contributed by atoms with Gasteiger partial charge in [0.2, 0.25) is 0 Å². The summed E-state index contributed by atoms with van der Waals surface area (Å²) in [5, 5.41) is 0. The fourth-order valence-electron chi connectivity index (χ4n) is 3.48. The second kappa shape index (κ2) is 6.97. The fourth-order valence-corrected chi connectivity index (χ4v) is 4.49. The number of oxazole rings is 1. The molecule has 5 nitrogen and oxygen atoms in total. The van der Waals surface area contributed by atoms with Crippen LogP contribution in [0.25, 0.3) is 17.1 Å². The van der Waals surface area contributed by atoms with Gasteiger partial charge in [-0.1, -0.05) is 34.1 Å². The Hall–Kier alpha value is -2.26. The number of hydrogen-bond acceptors (Lipinski definition) is 4. The molecule has 0 unspecified atom stereocenters. The summed E-state index contributed by atoms with van der Waals surface area (Å²) in [7, 11) is 0. The van der Waals surface area contributed by atoms with Gasteiger partial charge in [-0.25, -0.2) is 9.97 Å². The maximum atomic E-state index is 5.61. The first kappa shape index (κ1) is 17.8. The highest BCUT2D eigenvalue weighted by molar-refractivity contribution is 14.1. The third kappa shape index (κ3) is 2.84. The number of nitrogens with zero attached hydrogens (tertiary/aromatic N) is 4. The Balaban J connectivity index is 1.77. The van der Waals surface area contributed by atoms with Gasteiger partial charge in [-0.3, -0.25) is 9.56 Å². The summed E-state index contributed by atoms with van der Waals surface area (Å²) in [6.45, 7) is 2.43. The largest absolute Gasteiger partial charge is 0.441 e. The van der Waals surface area contributed by atoms with Gasteiger partial charge in [0, 0.05) is 19.2 Å². The molecule has 28 heavy (non-hydrogen) atoms. The van der Waals surface area contributed by atoms with Crippen molar-refractivity contribution in [2.75, 3.05) is 0 Å². The fraction of sp³-hybridized carbons (Fsp3) is 0.0952. The first-order valence-corrected chi connectivity index (χ1v) is 10.6. The number of benzene rings is 2. The van der Waals surface area contributed by atoms with E-state index in [1.54, 1.807) is 0 Å². The maximum Gasteiger partial charge on any atom is 0.181 e. The van der Waals surface area contributed by atoms with E-state index in [4.69, 9.17) is 9.41 Å². The van der Waals surface area contributed by atoms with Gasteiger partial charge in [-0.05, 0) is 53.8 Å². The summed E-state index contributed by atoms with van der Waals surface area (Å²) in [5.41, 5.74) is 6.81. The van der Waals surface area contributed by atoms with E-state index in [-0.39, 0.29) is 0 Å². The van der Waals surface area contributed by atoms with Crippen molar-refractivity contribution >= 4 is 44.2 Å². The molecular weight excluding hydrogens is 531 g/mol. The molecule has 0 amide bonds. The van der Waals surface area contributed by atoms with Crippen LogP contribution in [0.3, 0.4) is 0 Å². The van der Waals surface area contributed by atoms with Crippen LogP contribution in [-0.2, 0) is 6.54 Å². The Morgan fingerprint density at radius 3 is 2.75 bits per heavy atom. The van der Waals surface area contributed by atoms with Crippen molar-refractivity contribution in [3.63, 3.8) is 0 Å². The molecule has 0 atom stereocenters. The van der Waals surface area contributed by atoms with Gasteiger partial charge in [0.25, 0.3) is 0 Å². The minimum absolute atomic E-state index is 0.502. The van der Waals surface area contributed by atoms with E-state index >= 15 is 0 Å². The molecule has 4 aromatic rings. The average molecular weight is 545 g/mol. The van der Waals surface area contributed by atoms with Crippen molar-refractivity contribution in [3.8, 4) is 17.1 Å². The number of hydrogen-bond donors (Lipinski definition) is 0. The van der Waals surface area contributed by atoms with Crippen LogP contribution < -0.4 is 0 Å². The number of halogens is 2. The van der Waals surface area contributed by atoms with Crippen molar-refractivity contribution in [2.24, 2.45) is 4.99 Å².